The number of anilines is 1. The van der Waals surface area contributed by atoms with Crippen LogP contribution in [-0.4, -0.2) is 33.6 Å². The number of aliphatic carboxylic acids is 1. The van der Waals surface area contributed by atoms with Gasteiger partial charge in [-0.3, -0.25) is 0 Å². The maximum Gasteiger partial charge on any atom is 0.328 e. The Morgan fingerprint density at radius 1 is 1.44 bits per heavy atom. The molecule has 18 heavy (non-hydrogen) atoms. The van der Waals surface area contributed by atoms with Gasteiger partial charge in [0.25, 0.3) is 0 Å². The van der Waals surface area contributed by atoms with Crippen molar-refractivity contribution in [3.63, 3.8) is 0 Å². The minimum atomic E-state index is -0.956. The molecule has 0 saturated heterocycles. The van der Waals surface area contributed by atoms with Crippen LogP contribution in [0, 0.1) is 6.92 Å². The Morgan fingerprint density at radius 2 is 2.11 bits per heavy atom. The number of carboxylic acid groups (broad SMARTS) is 1. The van der Waals surface area contributed by atoms with Crippen molar-refractivity contribution >= 4 is 22.7 Å². The number of carboxylic acids is 1. The number of hydrogen-bond donors (Lipinski definition) is 2. The Kier molecular flexibility index (Phi) is 2.77. The molecule has 0 amide bonds. The molecule has 0 spiro atoms. The number of fused-ring (bicyclic) bond motifs is 1. The van der Waals surface area contributed by atoms with E-state index in [2.05, 4.69) is 9.97 Å². The number of hydrogen-bond acceptors (Lipinski definition) is 3. The number of H-pyrrole nitrogens is 1. The Morgan fingerprint density at radius 3 is 2.72 bits per heavy atom. The van der Waals surface area contributed by atoms with Crippen LogP contribution in [0.4, 0.5) is 5.69 Å². The maximum absolute atomic E-state index is 11.2. The summed E-state index contributed by atoms with van der Waals surface area (Å²) in [6, 6.07) is 5.69. The molecular formula is C13H17N3O2. The predicted molar refractivity (Wildman–Crippen MR) is 70.9 cm³/mol. The number of likely N-dealkylation sites (N-methyl/N-ethyl adjacent to an activating group) is 1. The Labute approximate surface area is 105 Å². The Bertz CT molecular complexity index is 601. The average Bonchev–Trinajstić information content (AvgIpc) is 2.66. The van der Waals surface area contributed by atoms with Gasteiger partial charge in [-0.2, -0.15) is 0 Å². The van der Waals surface area contributed by atoms with Gasteiger partial charge in [-0.1, -0.05) is 0 Å². The van der Waals surface area contributed by atoms with Crippen LogP contribution in [0.2, 0.25) is 0 Å². The molecule has 2 aromatic rings. The number of aryl methyl sites for hydroxylation is 1. The van der Waals surface area contributed by atoms with Gasteiger partial charge < -0.3 is 15.0 Å². The highest BCUT2D eigenvalue weighted by Crippen LogP contribution is 2.25. The zero-order valence-corrected chi connectivity index (χ0v) is 11.0. The molecular weight excluding hydrogens is 230 g/mol. The van der Waals surface area contributed by atoms with E-state index in [0.717, 1.165) is 22.5 Å². The van der Waals surface area contributed by atoms with Gasteiger partial charge >= 0.3 is 5.97 Å². The van der Waals surface area contributed by atoms with E-state index in [0.29, 0.717) is 0 Å². The summed E-state index contributed by atoms with van der Waals surface area (Å²) in [5.41, 5.74) is 1.69. The molecule has 1 aromatic carbocycles. The first-order valence-corrected chi connectivity index (χ1v) is 5.76. The Balaban J connectivity index is 2.44. The molecule has 0 atom stereocenters. The summed E-state index contributed by atoms with van der Waals surface area (Å²) in [5.74, 6) is -0.00631. The molecule has 5 nitrogen and oxygen atoms in total. The summed E-state index contributed by atoms with van der Waals surface area (Å²) in [4.78, 5) is 20.5. The minimum Gasteiger partial charge on any atom is -0.480 e. The van der Waals surface area contributed by atoms with Crippen molar-refractivity contribution in [3.8, 4) is 0 Å². The fraction of sp³-hybridized carbons (Fsp3) is 0.385. The topological polar surface area (TPSA) is 69.2 Å². The van der Waals surface area contributed by atoms with Gasteiger partial charge in [-0.05, 0) is 39.0 Å². The van der Waals surface area contributed by atoms with Crippen molar-refractivity contribution in [2.75, 3.05) is 11.9 Å². The number of rotatable bonds is 3. The van der Waals surface area contributed by atoms with Gasteiger partial charge in [0.05, 0.1) is 11.0 Å². The fourth-order valence-electron chi connectivity index (χ4n) is 1.80. The standard InChI is InChI=1S/C13H17N3O2/c1-8-14-10-6-5-9(7-11(10)15-8)16(4)13(2,3)12(17)18/h5-7H,1-4H3,(H,14,15)(H,17,18). The lowest BCUT2D eigenvalue weighted by atomic mass is 10.0. The second-order valence-electron chi connectivity index (χ2n) is 4.95. The van der Waals surface area contributed by atoms with Gasteiger partial charge in [0.1, 0.15) is 11.4 Å². The normalized spacial score (nSPS) is 11.8. The highest BCUT2D eigenvalue weighted by atomic mass is 16.4. The smallest absolute Gasteiger partial charge is 0.328 e. The van der Waals surface area contributed by atoms with Gasteiger partial charge in [-0.25, -0.2) is 9.78 Å². The molecule has 0 unspecified atom stereocenters. The number of nitrogens with one attached hydrogen (secondary N) is 1. The number of aromatic amines is 1. The van der Waals surface area contributed by atoms with E-state index in [1.807, 2.05) is 25.1 Å². The Hall–Kier alpha value is -2.04. The van der Waals surface area contributed by atoms with Crippen molar-refractivity contribution in [1.82, 2.24) is 9.97 Å². The first kappa shape index (κ1) is 12.4. The summed E-state index contributed by atoms with van der Waals surface area (Å²) in [7, 11) is 1.78. The van der Waals surface area contributed by atoms with Crippen LogP contribution in [0.15, 0.2) is 18.2 Å². The minimum absolute atomic E-state index is 0.846. The van der Waals surface area contributed by atoms with Gasteiger partial charge in [0.15, 0.2) is 0 Å². The molecule has 0 aliphatic carbocycles. The van der Waals surface area contributed by atoms with E-state index in [9.17, 15) is 9.90 Å². The number of benzene rings is 1. The molecule has 0 fully saturated rings. The highest BCUT2D eigenvalue weighted by Gasteiger charge is 2.32. The third kappa shape index (κ3) is 1.92. The lowest BCUT2D eigenvalue weighted by Crippen LogP contribution is -2.48. The van der Waals surface area contributed by atoms with E-state index >= 15 is 0 Å². The number of carbonyl (C=O) groups is 1. The highest BCUT2D eigenvalue weighted by molar-refractivity contribution is 5.85. The molecule has 1 aromatic heterocycles. The zero-order valence-electron chi connectivity index (χ0n) is 11.0. The average molecular weight is 247 g/mol. The summed E-state index contributed by atoms with van der Waals surface area (Å²) < 4.78 is 0. The molecule has 0 aliphatic rings. The lowest BCUT2D eigenvalue weighted by molar-refractivity contribution is -0.142. The molecule has 0 aliphatic heterocycles. The second kappa shape index (κ2) is 4.01. The first-order chi connectivity index (χ1) is 8.32. The van der Waals surface area contributed by atoms with Crippen LogP contribution in [0.1, 0.15) is 19.7 Å². The lowest BCUT2D eigenvalue weighted by Gasteiger charge is -2.33. The summed E-state index contributed by atoms with van der Waals surface area (Å²) >= 11 is 0. The molecule has 1 heterocycles. The number of aromatic nitrogens is 2. The molecule has 2 N–H and O–H groups in total. The molecule has 2 rings (SSSR count). The van der Waals surface area contributed by atoms with Crippen molar-refractivity contribution in [3.05, 3.63) is 24.0 Å². The number of imidazole rings is 1. The van der Waals surface area contributed by atoms with Crippen molar-refractivity contribution in [2.45, 2.75) is 26.3 Å². The molecule has 96 valence electrons. The van der Waals surface area contributed by atoms with Gasteiger partial charge in [0.2, 0.25) is 0 Å². The van der Waals surface area contributed by atoms with E-state index in [-0.39, 0.29) is 0 Å². The van der Waals surface area contributed by atoms with Crippen LogP contribution < -0.4 is 4.90 Å². The van der Waals surface area contributed by atoms with Crippen molar-refractivity contribution < 1.29 is 9.90 Å². The zero-order chi connectivity index (χ0) is 13.5. The third-order valence-corrected chi connectivity index (χ3v) is 3.33. The summed E-state index contributed by atoms with van der Waals surface area (Å²) in [5, 5.41) is 9.23. The van der Waals surface area contributed by atoms with Gasteiger partial charge in [-0.15, -0.1) is 0 Å². The van der Waals surface area contributed by atoms with Crippen LogP contribution in [-0.2, 0) is 4.79 Å². The van der Waals surface area contributed by atoms with Crippen molar-refractivity contribution in [2.24, 2.45) is 0 Å². The largest absolute Gasteiger partial charge is 0.480 e. The summed E-state index contributed by atoms with van der Waals surface area (Å²) in [6.07, 6.45) is 0. The van der Waals surface area contributed by atoms with Crippen LogP contribution in [0.3, 0.4) is 0 Å². The predicted octanol–water partition coefficient (Wildman–Crippen LogP) is 2.17. The van der Waals surface area contributed by atoms with Gasteiger partial charge in [0, 0.05) is 12.7 Å². The van der Waals surface area contributed by atoms with Crippen LogP contribution >= 0.6 is 0 Å². The molecule has 5 heteroatoms. The third-order valence-electron chi connectivity index (χ3n) is 3.33. The first-order valence-electron chi connectivity index (χ1n) is 5.76. The van der Waals surface area contributed by atoms with Crippen LogP contribution in [0.5, 0.6) is 0 Å². The SMILES string of the molecule is Cc1nc2ccc(N(C)C(C)(C)C(=O)O)cc2[nH]1. The van der Waals surface area contributed by atoms with Crippen molar-refractivity contribution in [1.29, 1.82) is 0 Å². The van der Waals surface area contributed by atoms with E-state index in [1.54, 1.807) is 25.8 Å². The maximum atomic E-state index is 11.2. The molecule has 0 radical (unpaired) electrons. The van der Waals surface area contributed by atoms with Crippen LogP contribution in [0.25, 0.3) is 11.0 Å². The second-order valence-corrected chi connectivity index (χ2v) is 4.95. The van der Waals surface area contributed by atoms with E-state index in [4.69, 9.17) is 0 Å². The fourth-order valence-corrected chi connectivity index (χ4v) is 1.80. The number of nitrogens with zero attached hydrogens (tertiary/aromatic N) is 2. The molecule has 0 bridgehead atoms. The summed E-state index contributed by atoms with van der Waals surface area (Å²) in [6.45, 7) is 5.25. The quantitative estimate of drug-likeness (QED) is 0.872. The van der Waals surface area contributed by atoms with E-state index in [1.165, 1.54) is 0 Å². The van der Waals surface area contributed by atoms with E-state index < -0.39 is 11.5 Å². The monoisotopic (exact) mass is 247 g/mol. The molecule has 0 saturated carbocycles.